The number of nitrogens with one attached hydrogen (secondary N) is 1. The Hall–Kier alpha value is -1.62. The molecule has 1 N–H and O–H groups in total. The molecule has 2 aromatic heterocycles. The van der Waals surface area contributed by atoms with E-state index < -0.39 is 0 Å². The molecule has 2 aromatic rings. The Kier molecular flexibility index (Phi) is 3.17. The van der Waals surface area contributed by atoms with Gasteiger partial charge in [-0.25, -0.2) is 4.98 Å². The Morgan fingerprint density at radius 3 is 2.80 bits per heavy atom. The molecule has 1 fully saturated rings. The van der Waals surface area contributed by atoms with Gasteiger partial charge in [-0.1, -0.05) is 6.92 Å². The number of imidazole rings is 1. The summed E-state index contributed by atoms with van der Waals surface area (Å²) in [4.78, 5) is 4.38. The van der Waals surface area contributed by atoms with Gasteiger partial charge in [-0.2, -0.15) is 5.10 Å². The Balaban J connectivity index is 1.94. The minimum Gasteiger partial charge on any atom is -0.329 e. The van der Waals surface area contributed by atoms with E-state index in [2.05, 4.69) is 40.7 Å². The van der Waals surface area contributed by atoms with Crippen LogP contribution in [0.5, 0.6) is 0 Å². The Labute approximate surface area is 120 Å². The van der Waals surface area contributed by atoms with E-state index in [1.54, 1.807) is 0 Å². The summed E-state index contributed by atoms with van der Waals surface area (Å²) in [5, 5.41) is 7.97. The van der Waals surface area contributed by atoms with Gasteiger partial charge in [0.15, 0.2) is 0 Å². The van der Waals surface area contributed by atoms with Gasteiger partial charge in [0.2, 0.25) is 0 Å². The second-order valence-electron chi connectivity index (χ2n) is 6.17. The van der Waals surface area contributed by atoms with Crippen molar-refractivity contribution in [1.82, 2.24) is 24.6 Å². The summed E-state index contributed by atoms with van der Waals surface area (Å²) in [6, 6.07) is 0. The molecular formula is C15H23N5. The van der Waals surface area contributed by atoms with Crippen molar-refractivity contribution in [3.8, 4) is 0 Å². The lowest BCUT2D eigenvalue weighted by molar-refractivity contribution is 0.481. The first kappa shape index (κ1) is 13.4. The largest absolute Gasteiger partial charge is 0.329 e. The molecule has 1 aliphatic heterocycles. The molecule has 5 heteroatoms. The minimum atomic E-state index is 0.195. The number of nitrogens with zero attached hydrogens (tertiary/aromatic N) is 4. The molecule has 1 aliphatic rings. The zero-order chi connectivity index (χ0) is 14.3. The third kappa shape index (κ3) is 2.06. The highest BCUT2D eigenvalue weighted by atomic mass is 15.3. The van der Waals surface area contributed by atoms with Crippen LogP contribution in [-0.2, 0) is 19.0 Å². The third-order valence-electron chi connectivity index (χ3n) is 4.69. The number of rotatable bonds is 3. The predicted molar refractivity (Wildman–Crippen MR) is 78.8 cm³/mol. The van der Waals surface area contributed by atoms with E-state index in [4.69, 9.17) is 0 Å². The van der Waals surface area contributed by atoms with E-state index >= 15 is 0 Å². The van der Waals surface area contributed by atoms with Crippen LogP contribution in [0.25, 0.3) is 0 Å². The van der Waals surface area contributed by atoms with Gasteiger partial charge in [-0.15, -0.1) is 0 Å². The number of hydrogen-bond donors (Lipinski definition) is 1. The van der Waals surface area contributed by atoms with Crippen LogP contribution < -0.4 is 5.32 Å². The molecule has 5 nitrogen and oxygen atoms in total. The monoisotopic (exact) mass is 273 g/mol. The fourth-order valence-electron chi connectivity index (χ4n) is 3.20. The third-order valence-corrected chi connectivity index (χ3v) is 4.69. The Bertz CT molecular complexity index is 616. The first-order chi connectivity index (χ1) is 9.51. The molecule has 0 amide bonds. The summed E-state index contributed by atoms with van der Waals surface area (Å²) in [7, 11) is 2.00. The summed E-state index contributed by atoms with van der Waals surface area (Å²) in [5.74, 6) is 0. The molecule has 3 heterocycles. The molecule has 1 saturated heterocycles. The van der Waals surface area contributed by atoms with Crippen molar-refractivity contribution in [1.29, 1.82) is 0 Å². The van der Waals surface area contributed by atoms with Crippen molar-refractivity contribution in [2.75, 3.05) is 13.1 Å². The summed E-state index contributed by atoms with van der Waals surface area (Å²) in [6.07, 6.45) is 5.14. The second-order valence-corrected chi connectivity index (χ2v) is 6.17. The maximum atomic E-state index is 4.51. The number of hydrogen-bond acceptors (Lipinski definition) is 3. The van der Waals surface area contributed by atoms with E-state index in [1.165, 1.54) is 23.4 Å². The molecule has 3 rings (SSSR count). The molecule has 108 valence electrons. The molecule has 0 aromatic carbocycles. The van der Waals surface area contributed by atoms with Gasteiger partial charge in [0, 0.05) is 42.2 Å². The lowest BCUT2D eigenvalue weighted by atomic mass is 9.86. The highest BCUT2D eigenvalue weighted by Gasteiger charge is 2.33. The fraction of sp³-hybridized carbons (Fsp3) is 0.600. The Morgan fingerprint density at radius 2 is 2.20 bits per heavy atom. The standard InChI is InChI=1S/C15H23N5/c1-11-13(12(2)19(4)18-11)8-20-10-17-7-14(20)15(3)5-6-16-9-15/h7,10,16H,5-6,8-9H2,1-4H3. The lowest BCUT2D eigenvalue weighted by Crippen LogP contribution is -2.28. The van der Waals surface area contributed by atoms with Gasteiger partial charge in [0.1, 0.15) is 0 Å². The van der Waals surface area contributed by atoms with Gasteiger partial charge in [0.25, 0.3) is 0 Å². The average Bonchev–Trinajstić information content (AvgIpc) is 3.08. The first-order valence-electron chi connectivity index (χ1n) is 7.22. The summed E-state index contributed by atoms with van der Waals surface area (Å²) >= 11 is 0. The molecule has 0 saturated carbocycles. The van der Waals surface area contributed by atoms with Crippen LogP contribution >= 0.6 is 0 Å². The molecule has 0 bridgehead atoms. The second kappa shape index (κ2) is 4.74. The summed E-state index contributed by atoms with van der Waals surface area (Å²) < 4.78 is 4.24. The quantitative estimate of drug-likeness (QED) is 0.922. The molecule has 1 unspecified atom stereocenters. The van der Waals surface area contributed by atoms with Gasteiger partial charge >= 0.3 is 0 Å². The summed E-state index contributed by atoms with van der Waals surface area (Å²) in [6.45, 7) is 9.51. The van der Waals surface area contributed by atoms with E-state index in [0.29, 0.717) is 0 Å². The molecule has 0 aliphatic carbocycles. The minimum absolute atomic E-state index is 0.195. The first-order valence-corrected chi connectivity index (χ1v) is 7.22. The Morgan fingerprint density at radius 1 is 1.40 bits per heavy atom. The average molecular weight is 273 g/mol. The van der Waals surface area contributed by atoms with Crippen LogP contribution in [-0.4, -0.2) is 32.4 Å². The van der Waals surface area contributed by atoms with Crippen molar-refractivity contribution in [3.63, 3.8) is 0 Å². The van der Waals surface area contributed by atoms with Crippen molar-refractivity contribution in [2.24, 2.45) is 7.05 Å². The van der Waals surface area contributed by atoms with Crippen LogP contribution in [0, 0.1) is 13.8 Å². The van der Waals surface area contributed by atoms with Crippen LogP contribution in [0.4, 0.5) is 0 Å². The normalized spacial score (nSPS) is 22.6. The number of aryl methyl sites for hydroxylation is 2. The molecule has 0 spiro atoms. The van der Waals surface area contributed by atoms with Crippen molar-refractivity contribution in [3.05, 3.63) is 35.2 Å². The zero-order valence-corrected chi connectivity index (χ0v) is 12.8. The summed E-state index contributed by atoms with van der Waals surface area (Å²) in [5.41, 5.74) is 5.17. The van der Waals surface area contributed by atoms with Gasteiger partial charge in [0.05, 0.1) is 18.6 Å². The fourth-order valence-corrected chi connectivity index (χ4v) is 3.20. The van der Waals surface area contributed by atoms with Crippen LogP contribution in [0.15, 0.2) is 12.5 Å². The van der Waals surface area contributed by atoms with Gasteiger partial charge < -0.3 is 9.88 Å². The lowest BCUT2D eigenvalue weighted by Gasteiger charge is -2.24. The van der Waals surface area contributed by atoms with Crippen LogP contribution in [0.2, 0.25) is 0 Å². The van der Waals surface area contributed by atoms with E-state index in [-0.39, 0.29) is 5.41 Å². The van der Waals surface area contributed by atoms with Crippen molar-refractivity contribution in [2.45, 2.75) is 39.2 Å². The van der Waals surface area contributed by atoms with E-state index in [9.17, 15) is 0 Å². The maximum absolute atomic E-state index is 4.51. The topological polar surface area (TPSA) is 47.7 Å². The molecule has 1 atom stereocenters. The SMILES string of the molecule is Cc1nn(C)c(C)c1Cn1cncc1C1(C)CCNC1. The number of aromatic nitrogens is 4. The molecule has 0 radical (unpaired) electrons. The maximum Gasteiger partial charge on any atom is 0.0951 e. The van der Waals surface area contributed by atoms with Gasteiger partial charge in [-0.3, -0.25) is 4.68 Å². The zero-order valence-electron chi connectivity index (χ0n) is 12.8. The van der Waals surface area contributed by atoms with Gasteiger partial charge in [-0.05, 0) is 26.8 Å². The smallest absolute Gasteiger partial charge is 0.0951 e. The van der Waals surface area contributed by atoms with Crippen LogP contribution in [0.3, 0.4) is 0 Å². The van der Waals surface area contributed by atoms with E-state index in [0.717, 1.165) is 25.3 Å². The van der Waals surface area contributed by atoms with Crippen molar-refractivity contribution < 1.29 is 0 Å². The predicted octanol–water partition coefficient (Wildman–Crippen LogP) is 1.53. The molecule has 20 heavy (non-hydrogen) atoms. The molecular weight excluding hydrogens is 250 g/mol. The van der Waals surface area contributed by atoms with Crippen LogP contribution in [0.1, 0.15) is 36.0 Å². The van der Waals surface area contributed by atoms with Crippen molar-refractivity contribution >= 4 is 0 Å². The van der Waals surface area contributed by atoms with E-state index in [1.807, 2.05) is 24.3 Å². The highest BCUT2D eigenvalue weighted by Crippen LogP contribution is 2.30. The highest BCUT2D eigenvalue weighted by molar-refractivity contribution is 5.26.